The molecule has 0 fully saturated rings. The molecule has 34 heavy (non-hydrogen) atoms. The van der Waals surface area contributed by atoms with Gasteiger partial charge in [0, 0.05) is 22.1 Å². The van der Waals surface area contributed by atoms with Crippen molar-refractivity contribution < 1.29 is 17.9 Å². The average Bonchev–Trinajstić information content (AvgIpc) is 2.86. The lowest BCUT2D eigenvalue weighted by molar-refractivity contribution is -0.119. The number of nitrogens with one attached hydrogen (secondary N) is 1. The van der Waals surface area contributed by atoms with Gasteiger partial charge in [0.25, 0.3) is 10.0 Å². The van der Waals surface area contributed by atoms with E-state index in [0.29, 0.717) is 30.3 Å². The Labute approximate surface area is 210 Å². The van der Waals surface area contributed by atoms with Crippen molar-refractivity contribution in [2.75, 3.05) is 36.0 Å². The SMILES string of the molecule is CCOc1ccc(N(CC(=O)NCCSc2ccccc2)S(=O)(=O)c2ccc(SC)cc2)cc1. The molecule has 3 aromatic carbocycles. The third kappa shape index (κ3) is 7.19. The van der Waals surface area contributed by atoms with Gasteiger partial charge >= 0.3 is 0 Å². The number of hydrogen-bond donors (Lipinski definition) is 1. The molecule has 0 saturated carbocycles. The van der Waals surface area contributed by atoms with Crippen LogP contribution in [-0.4, -0.2) is 46.0 Å². The highest BCUT2D eigenvalue weighted by Crippen LogP contribution is 2.27. The first-order valence-corrected chi connectivity index (χ1v) is 14.4. The summed E-state index contributed by atoms with van der Waals surface area (Å²) in [6.07, 6.45) is 1.93. The fraction of sp³-hybridized carbons (Fsp3) is 0.240. The fourth-order valence-corrected chi connectivity index (χ4v) is 5.75. The molecule has 0 bridgehead atoms. The molecule has 0 aliphatic rings. The Morgan fingerprint density at radius 1 is 0.941 bits per heavy atom. The molecule has 0 radical (unpaired) electrons. The smallest absolute Gasteiger partial charge is 0.264 e. The van der Waals surface area contributed by atoms with E-state index in [9.17, 15) is 13.2 Å². The molecule has 6 nitrogen and oxygen atoms in total. The summed E-state index contributed by atoms with van der Waals surface area (Å²) in [4.78, 5) is 14.9. The molecule has 0 aliphatic carbocycles. The third-order valence-corrected chi connectivity index (χ3v) is 8.35. The van der Waals surface area contributed by atoms with Crippen molar-refractivity contribution in [1.29, 1.82) is 0 Å². The third-order valence-electron chi connectivity index (χ3n) is 4.81. The first-order valence-electron chi connectivity index (χ1n) is 10.8. The van der Waals surface area contributed by atoms with Gasteiger partial charge in [-0.05, 0) is 73.8 Å². The van der Waals surface area contributed by atoms with Crippen LogP contribution in [0.1, 0.15) is 6.92 Å². The molecule has 0 unspecified atom stereocenters. The van der Waals surface area contributed by atoms with Crippen molar-refractivity contribution >= 4 is 45.1 Å². The van der Waals surface area contributed by atoms with E-state index in [-0.39, 0.29) is 17.3 Å². The number of hydrogen-bond acceptors (Lipinski definition) is 6. The Morgan fingerprint density at radius 2 is 1.62 bits per heavy atom. The number of nitrogens with zero attached hydrogens (tertiary/aromatic N) is 1. The number of anilines is 1. The number of ether oxygens (including phenoxy) is 1. The molecule has 0 spiro atoms. The minimum absolute atomic E-state index is 0.131. The van der Waals surface area contributed by atoms with Crippen molar-refractivity contribution in [2.45, 2.75) is 21.6 Å². The Bertz CT molecular complexity index is 1150. The maximum absolute atomic E-state index is 13.5. The van der Waals surface area contributed by atoms with Gasteiger partial charge in [-0.1, -0.05) is 18.2 Å². The van der Waals surface area contributed by atoms with Gasteiger partial charge in [-0.15, -0.1) is 23.5 Å². The normalized spacial score (nSPS) is 11.1. The maximum atomic E-state index is 13.5. The van der Waals surface area contributed by atoms with Crippen LogP contribution < -0.4 is 14.4 Å². The van der Waals surface area contributed by atoms with Gasteiger partial charge in [0.1, 0.15) is 12.3 Å². The highest BCUT2D eigenvalue weighted by molar-refractivity contribution is 7.99. The van der Waals surface area contributed by atoms with Crippen molar-refractivity contribution in [3.05, 3.63) is 78.9 Å². The Hall–Kier alpha value is -2.62. The molecule has 1 amide bonds. The fourth-order valence-electron chi connectivity index (χ4n) is 3.13. The van der Waals surface area contributed by atoms with E-state index in [4.69, 9.17) is 4.74 Å². The van der Waals surface area contributed by atoms with Gasteiger partial charge in [-0.25, -0.2) is 8.42 Å². The summed E-state index contributed by atoms with van der Waals surface area (Å²) in [7, 11) is -3.96. The molecule has 0 heterocycles. The van der Waals surface area contributed by atoms with Crippen molar-refractivity contribution in [3.63, 3.8) is 0 Å². The Kier molecular flexibility index (Phi) is 9.74. The van der Waals surface area contributed by atoms with Crippen LogP contribution in [0.15, 0.2) is 93.5 Å². The zero-order valence-electron chi connectivity index (χ0n) is 19.1. The second kappa shape index (κ2) is 12.7. The monoisotopic (exact) mass is 516 g/mol. The van der Waals surface area contributed by atoms with Gasteiger partial charge in [0.2, 0.25) is 5.91 Å². The lowest BCUT2D eigenvalue weighted by Gasteiger charge is -2.24. The lowest BCUT2D eigenvalue weighted by Crippen LogP contribution is -2.41. The predicted molar refractivity (Wildman–Crippen MR) is 141 cm³/mol. The largest absolute Gasteiger partial charge is 0.494 e. The second-order valence-corrected chi connectivity index (χ2v) is 11.0. The Morgan fingerprint density at radius 3 is 2.24 bits per heavy atom. The van der Waals surface area contributed by atoms with Gasteiger partial charge in [0.05, 0.1) is 17.2 Å². The molecule has 0 aliphatic heterocycles. The standard InChI is InChI=1S/C25H28N2O4S3/c1-3-31-21-11-9-20(10-12-21)27(34(29,30)24-15-13-22(32-2)14-16-24)19-25(28)26-17-18-33-23-7-5-4-6-8-23/h4-16H,3,17-19H2,1-2H3,(H,26,28). The van der Waals surface area contributed by atoms with Crippen LogP contribution in [0.3, 0.4) is 0 Å². The number of carbonyl (C=O) groups is 1. The van der Waals surface area contributed by atoms with E-state index in [0.717, 1.165) is 14.1 Å². The zero-order chi connectivity index (χ0) is 24.4. The van der Waals surface area contributed by atoms with E-state index in [1.807, 2.05) is 43.5 Å². The van der Waals surface area contributed by atoms with Crippen LogP contribution in [0.5, 0.6) is 5.75 Å². The van der Waals surface area contributed by atoms with E-state index in [1.54, 1.807) is 60.3 Å². The number of thioether (sulfide) groups is 2. The molecule has 0 aromatic heterocycles. The summed E-state index contributed by atoms with van der Waals surface area (Å²) in [6, 6.07) is 23.3. The summed E-state index contributed by atoms with van der Waals surface area (Å²) >= 11 is 3.16. The van der Waals surface area contributed by atoms with Crippen LogP contribution in [-0.2, 0) is 14.8 Å². The Balaban J connectivity index is 1.74. The predicted octanol–water partition coefficient (Wildman–Crippen LogP) is 4.91. The molecule has 3 aromatic rings. The summed E-state index contributed by atoms with van der Waals surface area (Å²) in [5.41, 5.74) is 0.395. The van der Waals surface area contributed by atoms with Crippen LogP contribution in [0.25, 0.3) is 0 Å². The molecule has 180 valence electrons. The number of amides is 1. The van der Waals surface area contributed by atoms with E-state index >= 15 is 0 Å². The van der Waals surface area contributed by atoms with Crippen molar-refractivity contribution in [3.8, 4) is 5.75 Å². The first-order chi connectivity index (χ1) is 16.4. The lowest BCUT2D eigenvalue weighted by atomic mass is 10.3. The summed E-state index contributed by atoms with van der Waals surface area (Å²) in [6.45, 7) is 2.49. The number of sulfonamides is 1. The molecule has 3 rings (SSSR count). The maximum Gasteiger partial charge on any atom is 0.264 e. The quantitative estimate of drug-likeness (QED) is 0.272. The number of rotatable bonds is 12. The summed E-state index contributed by atoms with van der Waals surface area (Å²) < 4.78 is 33.6. The first kappa shape index (κ1) is 26.0. The van der Waals surface area contributed by atoms with Crippen molar-refractivity contribution in [2.24, 2.45) is 0 Å². The van der Waals surface area contributed by atoms with E-state index in [2.05, 4.69) is 5.32 Å². The van der Waals surface area contributed by atoms with Crippen molar-refractivity contribution in [1.82, 2.24) is 5.32 Å². The molecule has 0 atom stereocenters. The van der Waals surface area contributed by atoms with Crippen LogP contribution in [0.4, 0.5) is 5.69 Å². The van der Waals surface area contributed by atoms with Gasteiger partial charge in [-0.2, -0.15) is 0 Å². The second-order valence-electron chi connectivity index (χ2n) is 7.13. The molecular formula is C25H28N2O4S3. The van der Waals surface area contributed by atoms with Gasteiger partial charge in [0.15, 0.2) is 0 Å². The molecular weight excluding hydrogens is 488 g/mol. The highest BCUT2D eigenvalue weighted by atomic mass is 32.2. The summed E-state index contributed by atoms with van der Waals surface area (Å²) in [5.74, 6) is 0.948. The van der Waals surface area contributed by atoms with Crippen LogP contribution >= 0.6 is 23.5 Å². The van der Waals surface area contributed by atoms with E-state index in [1.165, 1.54) is 11.8 Å². The van der Waals surface area contributed by atoms with Gasteiger partial charge < -0.3 is 10.1 Å². The number of carbonyl (C=O) groups excluding carboxylic acids is 1. The highest BCUT2D eigenvalue weighted by Gasteiger charge is 2.27. The zero-order valence-corrected chi connectivity index (χ0v) is 21.6. The van der Waals surface area contributed by atoms with E-state index < -0.39 is 10.0 Å². The minimum Gasteiger partial charge on any atom is -0.494 e. The van der Waals surface area contributed by atoms with Crippen LogP contribution in [0.2, 0.25) is 0 Å². The number of benzene rings is 3. The minimum atomic E-state index is -3.96. The average molecular weight is 517 g/mol. The molecule has 1 N–H and O–H groups in total. The summed E-state index contributed by atoms with van der Waals surface area (Å²) in [5, 5.41) is 2.83. The topological polar surface area (TPSA) is 75.7 Å². The molecule has 0 saturated heterocycles. The van der Waals surface area contributed by atoms with Gasteiger partial charge in [-0.3, -0.25) is 9.10 Å². The van der Waals surface area contributed by atoms with Crippen LogP contribution in [0, 0.1) is 0 Å². The molecule has 9 heteroatoms.